The van der Waals surface area contributed by atoms with Crippen LogP contribution >= 0.6 is 23.4 Å². The fraction of sp³-hybridized carbons (Fsp3) is 0.154. The fourth-order valence-corrected chi connectivity index (χ4v) is 2.38. The van der Waals surface area contributed by atoms with Crippen LogP contribution in [0.4, 0.5) is 0 Å². The summed E-state index contributed by atoms with van der Waals surface area (Å²) in [7, 11) is 0. The van der Waals surface area contributed by atoms with Gasteiger partial charge in [-0.1, -0.05) is 42.4 Å². The molecule has 0 bridgehead atoms. The van der Waals surface area contributed by atoms with Crippen LogP contribution in [0.15, 0.2) is 40.8 Å². The Morgan fingerprint density at radius 3 is 2.56 bits per heavy atom. The highest BCUT2D eigenvalue weighted by molar-refractivity contribution is 8.17. The summed E-state index contributed by atoms with van der Waals surface area (Å²) in [6.45, 7) is 2.05. The Morgan fingerprint density at radius 2 is 2.00 bits per heavy atom. The first-order valence-electron chi connectivity index (χ1n) is 5.09. The first kappa shape index (κ1) is 11.5. The van der Waals surface area contributed by atoms with Crippen molar-refractivity contribution < 1.29 is 4.79 Å². The molecule has 0 spiro atoms. The van der Waals surface area contributed by atoms with E-state index in [9.17, 15) is 4.79 Å². The maximum absolute atomic E-state index is 11.6. The molecule has 0 fully saturated rings. The van der Waals surface area contributed by atoms with Crippen molar-refractivity contribution in [3.63, 3.8) is 0 Å². The second kappa shape index (κ2) is 4.89. The van der Waals surface area contributed by atoms with E-state index in [1.165, 1.54) is 11.8 Å². The zero-order chi connectivity index (χ0) is 11.5. The summed E-state index contributed by atoms with van der Waals surface area (Å²) in [5.41, 5.74) is 1.77. The number of rotatable bonds is 2. The van der Waals surface area contributed by atoms with Gasteiger partial charge in [0.15, 0.2) is 0 Å². The smallest absolute Gasteiger partial charge is 0.223 e. The standard InChI is InChI=1S/C13H11ClOS/c1-2-12-8-10(13(15)16-12)7-9-3-5-11(14)6-4-9/h3-8H,2H2,1H3/b10-7+. The first-order valence-corrected chi connectivity index (χ1v) is 6.28. The zero-order valence-corrected chi connectivity index (χ0v) is 10.4. The van der Waals surface area contributed by atoms with Crippen LogP contribution in [0.2, 0.25) is 5.02 Å². The Bertz CT molecular complexity index is 471. The molecule has 2 rings (SSSR count). The molecule has 0 saturated carbocycles. The SMILES string of the molecule is CCC1=C/C(=C\c2ccc(Cl)cc2)C(=O)S1. The van der Waals surface area contributed by atoms with Gasteiger partial charge >= 0.3 is 0 Å². The largest absolute Gasteiger partial charge is 0.281 e. The number of thioether (sulfide) groups is 1. The molecule has 82 valence electrons. The van der Waals surface area contributed by atoms with Crippen molar-refractivity contribution in [3.8, 4) is 0 Å². The molecule has 1 aliphatic rings. The monoisotopic (exact) mass is 250 g/mol. The Balaban J connectivity index is 2.28. The summed E-state index contributed by atoms with van der Waals surface area (Å²) in [5.74, 6) is 0. The summed E-state index contributed by atoms with van der Waals surface area (Å²) in [5, 5.41) is 0.839. The molecular weight excluding hydrogens is 240 g/mol. The van der Waals surface area contributed by atoms with Gasteiger partial charge in [0.05, 0.1) is 0 Å². The van der Waals surface area contributed by atoms with Crippen LogP contribution < -0.4 is 0 Å². The molecule has 0 unspecified atom stereocenters. The molecule has 1 heterocycles. The van der Waals surface area contributed by atoms with Gasteiger partial charge in [-0.2, -0.15) is 0 Å². The molecule has 1 aromatic rings. The topological polar surface area (TPSA) is 17.1 Å². The van der Waals surface area contributed by atoms with Crippen LogP contribution in [-0.2, 0) is 4.79 Å². The highest BCUT2D eigenvalue weighted by Crippen LogP contribution is 2.33. The van der Waals surface area contributed by atoms with Gasteiger partial charge in [-0.3, -0.25) is 4.79 Å². The van der Waals surface area contributed by atoms with E-state index in [1.54, 1.807) is 0 Å². The van der Waals surface area contributed by atoms with Crippen molar-refractivity contribution in [2.24, 2.45) is 0 Å². The Kier molecular flexibility index (Phi) is 3.52. The lowest BCUT2D eigenvalue weighted by molar-refractivity contribution is -0.107. The lowest BCUT2D eigenvalue weighted by Crippen LogP contribution is -1.87. The maximum atomic E-state index is 11.6. The molecule has 0 radical (unpaired) electrons. The van der Waals surface area contributed by atoms with Gasteiger partial charge in [-0.15, -0.1) is 0 Å². The first-order chi connectivity index (χ1) is 7.69. The van der Waals surface area contributed by atoms with E-state index in [2.05, 4.69) is 6.92 Å². The number of allylic oxidation sites excluding steroid dienone is 2. The van der Waals surface area contributed by atoms with Crippen molar-refractivity contribution in [1.82, 2.24) is 0 Å². The van der Waals surface area contributed by atoms with Crippen LogP contribution in [0, 0.1) is 0 Å². The molecule has 0 atom stereocenters. The number of carbonyl (C=O) groups excluding carboxylic acids is 1. The molecule has 3 heteroatoms. The minimum Gasteiger partial charge on any atom is -0.281 e. The average molecular weight is 251 g/mol. The number of halogens is 1. The summed E-state index contributed by atoms with van der Waals surface area (Å²) in [4.78, 5) is 12.8. The van der Waals surface area contributed by atoms with Crippen molar-refractivity contribution in [3.05, 3.63) is 51.4 Å². The second-order valence-electron chi connectivity index (χ2n) is 3.50. The van der Waals surface area contributed by atoms with E-state index in [0.717, 1.165) is 22.5 Å². The zero-order valence-electron chi connectivity index (χ0n) is 8.87. The Hall–Kier alpha value is -0.990. The highest BCUT2D eigenvalue weighted by Gasteiger charge is 2.18. The average Bonchev–Trinajstić information content (AvgIpc) is 2.63. The lowest BCUT2D eigenvalue weighted by atomic mass is 10.1. The van der Waals surface area contributed by atoms with Crippen molar-refractivity contribution in [2.45, 2.75) is 13.3 Å². The molecule has 0 aromatic heterocycles. The van der Waals surface area contributed by atoms with Crippen LogP contribution in [0.1, 0.15) is 18.9 Å². The molecule has 0 aliphatic carbocycles. The normalized spacial score (nSPS) is 18.0. The van der Waals surface area contributed by atoms with Crippen LogP contribution in [0.25, 0.3) is 6.08 Å². The maximum Gasteiger partial charge on any atom is 0.223 e. The Labute approximate surface area is 104 Å². The van der Waals surface area contributed by atoms with E-state index in [0.29, 0.717) is 5.02 Å². The van der Waals surface area contributed by atoms with E-state index >= 15 is 0 Å². The third-order valence-electron chi connectivity index (χ3n) is 2.32. The quantitative estimate of drug-likeness (QED) is 0.729. The van der Waals surface area contributed by atoms with Gasteiger partial charge in [0.1, 0.15) is 0 Å². The van der Waals surface area contributed by atoms with E-state index in [1.807, 2.05) is 36.4 Å². The number of carbonyl (C=O) groups is 1. The van der Waals surface area contributed by atoms with Gasteiger partial charge in [0.25, 0.3) is 0 Å². The summed E-state index contributed by atoms with van der Waals surface area (Å²) in [6, 6.07) is 7.46. The van der Waals surface area contributed by atoms with Crippen LogP contribution in [0.3, 0.4) is 0 Å². The van der Waals surface area contributed by atoms with Crippen LogP contribution in [-0.4, -0.2) is 5.12 Å². The third kappa shape index (κ3) is 2.57. The fourth-order valence-electron chi connectivity index (χ4n) is 1.45. The molecule has 16 heavy (non-hydrogen) atoms. The van der Waals surface area contributed by atoms with Crippen LogP contribution in [0.5, 0.6) is 0 Å². The van der Waals surface area contributed by atoms with E-state index < -0.39 is 0 Å². The lowest BCUT2D eigenvalue weighted by Gasteiger charge is -1.95. The molecule has 0 saturated heterocycles. The molecule has 1 aliphatic heterocycles. The number of hydrogen-bond donors (Lipinski definition) is 0. The molecule has 1 aromatic carbocycles. The van der Waals surface area contributed by atoms with Gasteiger partial charge in [0.2, 0.25) is 5.12 Å². The van der Waals surface area contributed by atoms with Gasteiger partial charge < -0.3 is 0 Å². The third-order valence-corrected chi connectivity index (χ3v) is 3.66. The highest BCUT2D eigenvalue weighted by atomic mass is 35.5. The van der Waals surface area contributed by atoms with E-state index in [4.69, 9.17) is 11.6 Å². The summed E-state index contributed by atoms with van der Waals surface area (Å²) < 4.78 is 0. The summed E-state index contributed by atoms with van der Waals surface area (Å²) >= 11 is 7.12. The van der Waals surface area contributed by atoms with Gasteiger partial charge in [-0.05, 0) is 41.2 Å². The molecule has 0 amide bonds. The van der Waals surface area contributed by atoms with E-state index in [-0.39, 0.29) is 5.12 Å². The number of benzene rings is 1. The van der Waals surface area contributed by atoms with Crippen molar-refractivity contribution in [1.29, 1.82) is 0 Å². The van der Waals surface area contributed by atoms with Gasteiger partial charge in [-0.25, -0.2) is 0 Å². The Morgan fingerprint density at radius 1 is 1.31 bits per heavy atom. The second-order valence-corrected chi connectivity index (χ2v) is 5.04. The van der Waals surface area contributed by atoms with Gasteiger partial charge in [0, 0.05) is 10.6 Å². The number of hydrogen-bond acceptors (Lipinski definition) is 2. The van der Waals surface area contributed by atoms with Crippen molar-refractivity contribution >= 4 is 34.6 Å². The molecular formula is C13H11ClOS. The summed E-state index contributed by atoms with van der Waals surface area (Å²) in [6.07, 6.45) is 4.77. The minimum absolute atomic E-state index is 0.131. The minimum atomic E-state index is 0.131. The molecule has 0 N–H and O–H groups in total. The molecule has 1 nitrogen and oxygen atoms in total. The predicted molar refractivity (Wildman–Crippen MR) is 70.4 cm³/mol. The predicted octanol–water partition coefficient (Wildman–Crippen LogP) is 4.29. The van der Waals surface area contributed by atoms with Crippen molar-refractivity contribution in [2.75, 3.05) is 0 Å².